The van der Waals surface area contributed by atoms with Gasteiger partial charge in [0.1, 0.15) is 0 Å². The molecule has 22 heavy (non-hydrogen) atoms. The third kappa shape index (κ3) is 3.09. The lowest BCUT2D eigenvalue weighted by Crippen LogP contribution is -2.36. The summed E-state index contributed by atoms with van der Waals surface area (Å²) in [7, 11) is -0.932. The standard InChI is InChI=1S/C11H9BF3N3O4/c1-22-10(19)9-7(12(20)21)2-3-8(17-9)18-5-6(4-16-18)11(13,14)15/h2-5,20-21H,1H3. The van der Waals surface area contributed by atoms with Crippen molar-refractivity contribution >= 4 is 18.6 Å². The van der Waals surface area contributed by atoms with Crippen molar-refractivity contribution in [3.63, 3.8) is 0 Å². The first-order valence-corrected chi connectivity index (χ1v) is 5.81. The maximum Gasteiger partial charge on any atom is 0.490 e. The number of nitrogens with zero attached hydrogens (tertiary/aromatic N) is 3. The van der Waals surface area contributed by atoms with Crippen LogP contribution in [0.25, 0.3) is 5.82 Å². The molecule has 2 N–H and O–H groups in total. The first-order chi connectivity index (χ1) is 10.2. The Morgan fingerprint density at radius 1 is 1.36 bits per heavy atom. The molecule has 0 spiro atoms. The largest absolute Gasteiger partial charge is 0.490 e. The average molecular weight is 315 g/mol. The van der Waals surface area contributed by atoms with Crippen LogP contribution in [0.3, 0.4) is 0 Å². The number of carbonyl (C=O) groups excluding carboxylic acids is 1. The Kier molecular flexibility index (Phi) is 4.19. The van der Waals surface area contributed by atoms with Crippen LogP contribution in [0.4, 0.5) is 13.2 Å². The monoisotopic (exact) mass is 315 g/mol. The fourth-order valence-corrected chi connectivity index (χ4v) is 1.65. The van der Waals surface area contributed by atoms with E-state index in [1.807, 2.05) is 0 Å². The van der Waals surface area contributed by atoms with Gasteiger partial charge in [-0.3, -0.25) is 0 Å². The molecule has 116 valence electrons. The van der Waals surface area contributed by atoms with E-state index in [2.05, 4.69) is 14.8 Å². The van der Waals surface area contributed by atoms with Gasteiger partial charge in [0, 0.05) is 11.7 Å². The smallest absolute Gasteiger partial charge is 0.464 e. The lowest BCUT2D eigenvalue weighted by atomic mass is 9.79. The number of alkyl halides is 3. The van der Waals surface area contributed by atoms with Crippen molar-refractivity contribution < 1.29 is 32.8 Å². The van der Waals surface area contributed by atoms with Crippen LogP contribution in [-0.4, -0.2) is 45.0 Å². The number of esters is 1. The minimum atomic E-state index is -4.56. The summed E-state index contributed by atoms with van der Waals surface area (Å²) in [6, 6.07) is 2.32. The predicted octanol–water partition coefficient (Wildman–Crippen LogP) is -0.247. The third-order valence-corrected chi connectivity index (χ3v) is 2.71. The molecule has 0 fully saturated rings. The highest BCUT2D eigenvalue weighted by Crippen LogP contribution is 2.28. The van der Waals surface area contributed by atoms with E-state index in [-0.39, 0.29) is 11.3 Å². The van der Waals surface area contributed by atoms with Crippen LogP contribution in [0.1, 0.15) is 16.1 Å². The van der Waals surface area contributed by atoms with E-state index in [1.54, 1.807) is 0 Å². The summed E-state index contributed by atoms with van der Waals surface area (Å²) in [4.78, 5) is 15.3. The summed E-state index contributed by atoms with van der Waals surface area (Å²) in [6.45, 7) is 0. The van der Waals surface area contributed by atoms with Gasteiger partial charge in [-0.15, -0.1) is 0 Å². The van der Waals surface area contributed by atoms with Gasteiger partial charge in [-0.2, -0.15) is 18.3 Å². The SMILES string of the molecule is COC(=O)c1nc(-n2cc(C(F)(F)F)cn2)ccc1B(O)O. The lowest BCUT2D eigenvalue weighted by molar-refractivity contribution is -0.137. The van der Waals surface area contributed by atoms with Gasteiger partial charge in [0.15, 0.2) is 11.5 Å². The molecule has 0 amide bonds. The molecule has 0 unspecified atom stereocenters. The molecule has 0 saturated heterocycles. The number of ether oxygens (including phenoxy) is 1. The van der Waals surface area contributed by atoms with E-state index >= 15 is 0 Å². The highest BCUT2D eigenvalue weighted by Gasteiger charge is 2.32. The lowest BCUT2D eigenvalue weighted by Gasteiger charge is -2.08. The minimum absolute atomic E-state index is 0.111. The van der Waals surface area contributed by atoms with Crippen LogP contribution in [0, 0.1) is 0 Å². The maximum atomic E-state index is 12.5. The van der Waals surface area contributed by atoms with Crippen molar-refractivity contribution in [2.45, 2.75) is 6.18 Å². The summed E-state index contributed by atoms with van der Waals surface area (Å²) >= 11 is 0. The molecule has 0 aliphatic heterocycles. The molecule has 2 heterocycles. The van der Waals surface area contributed by atoms with Crippen molar-refractivity contribution in [3.05, 3.63) is 35.8 Å². The zero-order valence-electron chi connectivity index (χ0n) is 11.1. The number of aromatic nitrogens is 3. The van der Waals surface area contributed by atoms with Gasteiger partial charge in [-0.1, -0.05) is 6.07 Å². The van der Waals surface area contributed by atoms with Gasteiger partial charge >= 0.3 is 19.3 Å². The molecular weight excluding hydrogens is 306 g/mol. The van der Waals surface area contributed by atoms with E-state index in [0.717, 1.165) is 17.9 Å². The van der Waals surface area contributed by atoms with Crippen molar-refractivity contribution in [2.24, 2.45) is 0 Å². The van der Waals surface area contributed by atoms with Crippen molar-refractivity contribution in [3.8, 4) is 5.82 Å². The zero-order valence-corrected chi connectivity index (χ0v) is 11.1. The van der Waals surface area contributed by atoms with E-state index in [4.69, 9.17) is 10.0 Å². The molecule has 7 nitrogen and oxygen atoms in total. The van der Waals surface area contributed by atoms with Crippen molar-refractivity contribution in [2.75, 3.05) is 7.11 Å². The Hall–Kier alpha value is -2.40. The average Bonchev–Trinajstić information content (AvgIpc) is 2.95. The quantitative estimate of drug-likeness (QED) is 0.599. The third-order valence-electron chi connectivity index (χ3n) is 2.71. The number of rotatable bonds is 3. The van der Waals surface area contributed by atoms with Gasteiger partial charge < -0.3 is 14.8 Å². The Morgan fingerprint density at radius 3 is 2.55 bits per heavy atom. The fraction of sp³-hybridized carbons (Fsp3) is 0.182. The van der Waals surface area contributed by atoms with E-state index in [1.165, 1.54) is 6.07 Å². The number of hydrogen-bond acceptors (Lipinski definition) is 6. The number of hydrogen-bond donors (Lipinski definition) is 2. The molecule has 11 heteroatoms. The zero-order chi connectivity index (χ0) is 16.5. The highest BCUT2D eigenvalue weighted by atomic mass is 19.4. The summed E-state index contributed by atoms with van der Waals surface area (Å²) in [5.41, 5.74) is -1.65. The molecule has 0 aromatic carbocycles. The summed E-state index contributed by atoms with van der Waals surface area (Å²) in [5.74, 6) is -1.08. The highest BCUT2D eigenvalue weighted by molar-refractivity contribution is 6.60. The molecule has 0 aliphatic rings. The van der Waals surface area contributed by atoms with Crippen LogP contribution < -0.4 is 5.46 Å². The van der Waals surface area contributed by atoms with Crippen LogP contribution in [0.15, 0.2) is 24.5 Å². The van der Waals surface area contributed by atoms with E-state index in [0.29, 0.717) is 12.4 Å². The van der Waals surface area contributed by atoms with Gasteiger partial charge in [0.05, 0.1) is 18.9 Å². The topological polar surface area (TPSA) is 97.5 Å². The van der Waals surface area contributed by atoms with Gasteiger partial charge in [-0.05, 0) is 6.07 Å². The molecule has 0 radical (unpaired) electrons. The van der Waals surface area contributed by atoms with Crippen LogP contribution in [-0.2, 0) is 10.9 Å². The van der Waals surface area contributed by atoms with Crippen LogP contribution in [0.2, 0.25) is 0 Å². The van der Waals surface area contributed by atoms with Crippen LogP contribution >= 0.6 is 0 Å². The predicted molar refractivity (Wildman–Crippen MR) is 67.5 cm³/mol. The summed E-state index contributed by atoms with van der Waals surface area (Å²) in [5, 5.41) is 21.8. The molecule has 0 aliphatic carbocycles. The Labute approximate surface area is 122 Å². The van der Waals surface area contributed by atoms with Gasteiger partial charge in [-0.25, -0.2) is 14.5 Å². The second-order valence-corrected chi connectivity index (χ2v) is 4.14. The molecular formula is C11H9BF3N3O4. The normalized spacial score (nSPS) is 11.4. The summed E-state index contributed by atoms with van der Waals surface area (Å²) in [6.07, 6.45) is -3.27. The minimum Gasteiger partial charge on any atom is -0.464 e. The second kappa shape index (κ2) is 5.77. The van der Waals surface area contributed by atoms with Crippen molar-refractivity contribution in [1.29, 1.82) is 0 Å². The van der Waals surface area contributed by atoms with E-state index in [9.17, 15) is 18.0 Å². The second-order valence-electron chi connectivity index (χ2n) is 4.14. The van der Waals surface area contributed by atoms with Crippen molar-refractivity contribution in [1.82, 2.24) is 14.8 Å². The summed E-state index contributed by atoms with van der Waals surface area (Å²) < 4.78 is 42.9. The molecule has 0 bridgehead atoms. The van der Waals surface area contributed by atoms with E-state index < -0.39 is 30.5 Å². The number of halogens is 3. The fourth-order valence-electron chi connectivity index (χ4n) is 1.65. The van der Waals surface area contributed by atoms with Gasteiger partial charge in [0.2, 0.25) is 0 Å². The first kappa shape index (κ1) is 16.0. The Morgan fingerprint density at radius 2 is 2.05 bits per heavy atom. The molecule has 2 aromatic rings. The number of pyridine rings is 1. The number of methoxy groups -OCH3 is 1. The Balaban J connectivity index is 2.49. The van der Waals surface area contributed by atoms with Gasteiger partial charge in [0.25, 0.3) is 0 Å². The molecule has 0 atom stereocenters. The molecule has 2 aromatic heterocycles. The molecule has 2 rings (SSSR count). The number of carbonyl (C=O) groups is 1. The Bertz CT molecular complexity index is 702. The maximum absolute atomic E-state index is 12.5. The van der Waals surface area contributed by atoms with Crippen LogP contribution in [0.5, 0.6) is 0 Å². The molecule has 0 saturated carbocycles. The first-order valence-electron chi connectivity index (χ1n) is 5.81.